The number of carbonyl (C=O) groups excluding carboxylic acids is 2. The molecule has 6 nitrogen and oxygen atoms in total. The van der Waals surface area contributed by atoms with Crippen LogP contribution in [0.15, 0.2) is 65.2 Å². The molecule has 0 unspecified atom stereocenters. The van der Waals surface area contributed by atoms with E-state index in [1.807, 2.05) is 60.9 Å². The number of rotatable bonds is 7. The predicted octanol–water partition coefficient (Wildman–Crippen LogP) is 7.07. The van der Waals surface area contributed by atoms with Gasteiger partial charge in [0.15, 0.2) is 0 Å². The zero-order valence-electron chi connectivity index (χ0n) is 23.3. The number of halogens is 1. The van der Waals surface area contributed by atoms with Crippen molar-refractivity contribution in [3.05, 3.63) is 82.1 Å². The molecule has 0 saturated carbocycles. The van der Waals surface area contributed by atoms with Crippen LogP contribution in [0.3, 0.4) is 0 Å². The van der Waals surface area contributed by atoms with E-state index in [1.54, 1.807) is 6.08 Å². The van der Waals surface area contributed by atoms with Gasteiger partial charge in [-0.3, -0.25) is 14.5 Å². The zero-order chi connectivity index (χ0) is 28.5. The molecule has 0 radical (unpaired) electrons. The highest BCUT2D eigenvalue weighted by atomic mass is 35.5. The molecular weight excluding hydrogens is 508 g/mol. The van der Waals surface area contributed by atoms with Gasteiger partial charge in [-0.05, 0) is 47.9 Å². The molecule has 0 aliphatic carbocycles. The highest BCUT2D eigenvalue weighted by Crippen LogP contribution is 2.35. The maximum atomic E-state index is 13.7. The van der Waals surface area contributed by atoms with Crippen molar-refractivity contribution in [2.24, 2.45) is 22.2 Å². The summed E-state index contributed by atoms with van der Waals surface area (Å²) in [5, 5.41) is 10.3. The number of nitriles is 1. The number of allylic oxidation sites excluding steroid dienone is 2. The van der Waals surface area contributed by atoms with Crippen molar-refractivity contribution < 1.29 is 9.59 Å². The smallest absolute Gasteiger partial charge is 0.256 e. The van der Waals surface area contributed by atoms with Crippen LogP contribution < -0.4 is 0 Å². The molecule has 0 saturated heterocycles. The molecule has 2 aliphatic heterocycles. The summed E-state index contributed by atoms with van der Waals surface area (Å²) in [5.74, 6) is -0.127. The number of fused-ring (bicyclic) bond motifs is 1. The molecule has 3 heterocycles. The van der Waals surface area contributed by atoms with Crippen molar-refractivity contribution in [1.82, 2.24) is 9.47 Å². The lowest BCUT2D eigenvalue weighted by Gasteiger charge is -2.33. The van der Waals surface area contributed by atoms with Crippen LogP contribution in [0.2, 0.25) is 5.02 Å². The zero-order valence-corrected chi connectivity index (χ0v) is 24.0. The third kappa shape index (κ3) is 6.32. The molecule has 7 heteroatoms. The molecule has 1 atom stereocenters. The minimum absolute atomic E-state index is 0.0495. The molecule has 2 aliphatic rings. The Bertz CT molecular complexity index is 1440. The number of aliphatic imine (C=N–C) groups is 1. The van der Waals surface area contributed by atoms with E-state index in [0.717, 1.165) is 16.8 Å². The van der Waals surface area contributed by atoms with Gasteiger partial charge < -0.3 is 4.57 Å². The number of aryl methyl sites for hydroxylation is 1. The van der Waals surface area contributed by atoms with Crippen LogP contribution in [0, 0.1) is 28.6 Å². The molecule has 2 amide bonds. The lowest BCUT2D eigenvalue weighted by Crippen LogP contribution is -2.46. The largest absolute Gasteiger partial charge is 0.327 e. The Kier molecular flexibility index (Phi) is 8.13. The summed E-state index contributed by atoms with van der Waals surface area (Å²) in [6.07, 6.45) is 6.75. The number of carbonyl (C=O) groups is 2. The third-order valence-corrected chi connectivity index (χ3v) is 7.25. The molecule has 4 rings (SSSR count). The molecule has 0 spiro atoms. The van der Waals surface area contributed by atoms with Crippen LogP contribution in [0.1, 0.15) is 57.9 Å². The molecule has 39 heavy (non-hydrogen) atoms. The average molecular weight is 543 g/mol. The maximum absolute atomic E-state index is 13.7. The lowest BCUT2D eigenvalue weighted by atomic mass is 9.87. The second-order valence-electron chi connectivity index (χ2n) is 11.8. The summed E-state index contributed by atoms with van der Waals surface area (Å²) in [5.41, 5.74) is 4.06. The summed E-state index contributed by atoms with van der Waals surface area (Å²) in [4.78, 5) is 33.4. The van der Waals surface area contributed by atoms with E-state index in [1.165, 1.54) is 4.90 Å². The normalized spacial score (nSPS) is 17.6. The van der Waals surface area contributed by atoms with E-state index in [4.69, 9.17) is 11.6 Å². The summed E-state index contributed by atoms with van der Waals surface area (Å²) in [6, 6.07) is 11.7. The van der Waals surface area contributed by atoms with Crippen molar-refractivity contribution in [3.8, 4) is 6.07 Å². The Balaban J connectivity index is 1.70. The molecule has 2 aromatic rings. The van der Waals surface area contributed by atoms with Gasteiger partial charge in [0.1, 0.15) is 17.6 Å². The Morgan fingerprint density at radius 3 is 2.44 bits per heavy atom. The summed E-state index contributed by atoms with van der Waals surface area (Å²) >= 11 is 6.03. The Morgan fingerprint density at radius 2 is 1.82 bits per heavy atom. The van der Waals surface area contributed by atoms with Gasteiger partial charge in [0.2, 0.25) is 5.91 Å². The minimum atomic E-state index is -0.377. The van der Waals surface area contributed by atoms with Gasteiger partial charge in [-0.25, -0.2) is 4.99 Å². The Hall–Kier alpha value is -3.69. The monoisotopic (exact) mass is 542 g/mol. The van der Waals surface area contributed by atoms with Crippen LogP contribution in [-0.2, 0) is 29.1 Å². The highest BCUT2D eigenvalue weighted by molar-refractivity contribution is 6.30. The van der Waals surface area contributed by atoms with E-state index >= 15 is 0 Å². The van der Waals surface area contributed by atoms with Crippen LogP contribution >= 0.6 is 11.6 Å². The van der Waals surface area contributed by atoms with Crippen LogP contribution in [0.25, 0.3) is 6.08 Å². The maximum Gasteiger partial charge on any atom is 0.256 e. The molecule has 0 fully saturated rings. The van der Waals surface area contributed by atoms with Crippen LogP contribution in [0.4, 0.5) is 5.82 Å². The number of nitrogens with zero attached hydrogens (tertiary/aromatic N) is 4. The minimum Gasteiger partial charge on any atom is -0.327 e. The number of benzene rings is 1. The number of hydrogen-bond acceptors (Lipinski definition) is 4. The van der Waals surface area contributed by atoms with Crippen molar-refractivity contribution in [2.75, 3.05) is 0 Å². The van der Waals surface area contributed by atoms with Crippen LogP contribution in [0.5, 0.6) is 0 Å². The fourth-order valence-corrected chi connectivity index (χ4v) is 5.04. The number of amides is 2. The van der Waals surface area contributed by atoms with Crippen molar-refractivity contribution in [1.29, 1.82) is 5.26 Å². The number of aromatic nitrogens is 1. The molecule has 0 N–H and O–H groups in total. The van der Waals surface area contributed by atoms with Gasteiger partial charge in [-0.1, -0.05) is 83.2 Å². The van der Waals surface area contributed by atoms with Crippen molar-refractivity contribution in [2.45, 2.75) is 60.5 Å². The van der Waals surface area contributed by atoms with Gasteiger partial charge in [0.05, 0.1) is 12.5 Å². The molecular formula is C32H35ClN4O2. The van der Waals surface area contributed by atoms with E-state index in [9.17, 15) is 14.9 Å². The van der Waals surface area contributed by atoms with E-state index < -0.39 is 0 Å². The highest BCUT2D eigenvalue weighted by Gasteiger charge is 2.37. The standard InChI is InChI=1S/C32H35ClN4O2/c1-20(2)27-16-24(12-8-22-9-13-25(33)14-10-22)30(38)36(31(27)39)18-26-15-23-11-7-21(3)28(17-34)35-29(23)37(26)19-32(4,5)6/h7,9-11,13-16,20,27H,3,8,12,18-19H2,1-2,4-6H3/t27-/m1/s1. The van der Waals surface area contributed by atoms with Gasteiger partial charge in [-0.15, -0.1) is 0 Å². The molecule has 0 bridgehead atoms. The first-order valence-corrected chi connectivity index (χ1v) is 13.6. The van der Waals surface area contributed by atoms with Crippen molar-refractivity contribution >= 4 is 41.0 Å². The fraction of sp³-hybridized carbons (Fsp3) is 0.375. The van der Waals surface area contributed by atoms with Gasteiger partial charge >= 0.3 is 0 Å². The summed E-state index contributed by atoms with van der Waals surface area (Å²) in [6.45, 7) is 15.0. The quantitative estimate of drug-likeness (QED) is 0.351. The second-order valence-corrected chi connectivity index (χ2v) is 12.2. The number of imide groups is 1. The van der Waals surface area contributed by atoms with Gasteiger partial charge in [0.25, 0.3) is 5.91 Å². The average Bonchev–Trinajstić information content (AvgIpc) is 3.07. The van der Waals surface area contributed by atoms with Gasteiger partial charge in [0, 0.05) is 34.0 Å². The third-order valence-electron chi connectivity index (χ3n) is 6.99. The van der Waals surface area contributed by atoms with Crippen LogP contribution in [-0.4, -0.2) is 27.0 Å². The topological polar surface area (TPSA) is 78.5 Å². The lowest BCUT2D eigenvalue weighted by molar-refractivity contribution is -0.147. The van der Waals surface area contributed by atoms with E-state index in [2.05, 4.69) is 38.4 Å². The molecule has 202 valence electrons. The van der Waals surface area contributed by atoms with E-state index in [0.29, 0.717) is 41.4 Å². The summed E-state index contributed by atoms with van der Waals surface area (Å²) < 4.78 is 2.03. The first kappa shape index (κ1) is 28.3. The summed E-state index contributed by atoms with van der Waals surface area (Å²) in [7, 11) is 0. The SMILES string of the molecule is C=C1C=Cc2cc(CN3C(=O)C(CCc4ccc(Cl)cc4)=C[C@H](C(C)C)C3=O)n(CC(C)(C)C)c2N=C1C#N. The van der Waals surface area contributed by atoms with E-state index in [-0.39, 0.29) is 41.3 Å². The number of hydrogen-bond donors (Lipinski definition) is 0. The molecule has 1 aromatic heterocycles. The Labute approximate surface area is 236 Å². The predicted molar refractivity (Wildman–Crippen MR) is 157 cm³/mol. The van der Waals surface area contributed by atoms with Crippen molar-refractivity contribution in [3.63, 3.8) is 0 Å². The first-order valence-electron chi connectivity index (χ1n) is 13.3. The van der Waals surface area contributed by atoms with Gasteiger partial charge in [-0.2, -0.15) is 5.26 Å². The Morgan fingerprint density at radius 1 is 1.13 bits per heavy atom. The first-order chi connectivity index (χ1) is 18.4. The fourth-order valence-electron chi connectivity index (χ4n) is 4.91. The second kappa shape index (κ2) is 11.2. The molecule has 1 aromatic carbocycles.